The van der Waals surface area contributed by atoms with Gasteiger partial charge in [-0.25, -0.2) is 0 Å². The molecule has 0 heterocycles. The first kappa shape index (κ1) is 14.3. The number of rotatable bonds is 5. The van der Waals surface area contributed by atoms with E-state index in [-0.39, 0.29) is 0 Å². The summed E-state index contributed by atoms with van der Waals surface area (Å²) in [6.07, 6.45) is 1.30. The third kappa shape index (κ3) is 2.89. The molecule has 0 spiro atoms. The standard InChI is InChI=1S/C20H25N/c1-4-21-20(19-14(2)9-8-10-15(19)3)18-13-17(18)16-11-6-5-7-12-16/h5-12,17-18,20-21H,4,13H2,1-3H3. The minimum absolute atomic E-state index is 0.487. The molecular weight excluding hydrogens is 254 g/mol. The minimum atomic E-state index is 0.487. The van der Waals surface area contributed by atoms with Crippen molar-refractivity contribution in [2.24, 2.45) is 5.92 Å². The van der Waals surface area contributed by atoms with Crippen molar-refractivity contribution in [2.45, 2.75) is 39.2 Å². The average molecular weight is 279 g/mol. The molecule has 0 radical (unpaired) electrons. The van der Waals surface area contributed by atoms with Crippen LogP contribution in [0.2, 0.25) is 0 Å². The van der Waals surface area contributed by atoms with Gasteiger partial charge in [-0.1, -0.05) is 55.5 Å². The number of nitrogens with one attached hydrogen (secondary N) is 1. The van der Waals surface area contributed by atoms with Crippen molar-refractivity contribution < 1.29 is 0 Å². The molecule has 1 N–H and O–H groups in total. The Kier molecular flexibility index (Phi) is 4.12. The van der Waals surface area contributed by atoms with E-state index in [4.69, 9.17) is 0 Å². The molecule has 1 nitrogen and oxygen atoms in total. The number of benzene rings is 2. The van der Waals surface area contributed by atoms with Crippen molar-refractivity contribution in [3.63, 3.8) is 0 Å². The van der Waals surface area contributed by atoms with Crippen LogP contribution >= 0.6 is 0 Å². The van der Waals surface area contributed by atoms with Crippen LogP contribution in [0.15, 0.2) is 48.5 Å². The second-order valence-corrected chi connectivity index (χ2v) is 6.26. The molecule has 2 aromatic carbocycles. The average Bonchev–Trinajstić information content (AvgIpc) is 3.27. The largest absolute Gasteiger partial charge is 0.310 e. The SMILES string of the molecule is CCNC(c1c(C)cccc1C)C1CC1c1ccccc1. The van der Waals surface area contributed by atoms with Crippen LogP contribution < -0.4 is 5.32 Å². The highest BCUT2D eigenvalue weighted by Crippen LogP contribution is 2.54. The van der Waals surface area contributed by atoms with Gasteiger partial charge < -0.3 is 5.32 Å². The van der Waals surface area contributed by atoms with Crippen LogP contribution in [-0.2, 0) is 0 Å². The lowest BCUT2D eigenvalue weighted by Gasteiger charge is -2.23. The van der Waals surface area contributed by atoms with Crippen molar-refractivity contribution in [1.29, 1.82) is 0 Å². The van der Waals surface area contributed by atoms with Crippen LogP contribution in [0, 0.1) is 19.8 Å². The molecule has 3 unspecified atom stereocenters. The quantitative estimate of drug-likeness (QED) is 0.832. The molecule has 110 valence electrons. The molecule has 0 aromatic heterocycles. The van der Waals surface area contributed by atoms with Crippen molar-refractivity contribution >= 4 is 0 Å². The highest BCUT2D eigenvalue weighted by atomic mass is 14.9. The molecule has 2 aromatic rings. The number of aryl methyl sites for hydroxylation is 2. The predicted octanol–water partition coefficient (Wildman–Crippen LogP) is 4.76. The van der Waals surface area contributed by atoms with Gasteiger partial charge in [0.15, 0.2) is 0 Å². The summed E-state index contributed by atoms with van der Waals surface area (Å²) in [5, 5.41) is 3.74. The molecule has 0 bridgehead atoms. The van der Waals surface area contributed by atoms with E-state index in [1.165, 1.54) is 28.7 Å². The lowest BCUT2D eigenvalue weighted by molar-refractivity contribution is 0.483. The summed E-state index contributed by atoms with van der Waals surface area (Å²) in [5.74, 6) is 1.45. The van der Waals surface area contributed by atoms with Crippen LogP contribution in [-0.4, -0.2) is 6.54 Å². The Morgan fingerprint density at radius 3 is 2.29 bits per heavy atom. The lowest BCUT2D eigenvalue weighted by atomic mass is 9.91. The summed E-state index contributed by atoms with van der Waals surface area (Å²) < 4.78 is 0. The molecule has 1 saturated carbocycles. The van der Waals surface area contributed by atoms with E-state index in [1.807, 2.05) is 0 Å². The molecular formula is C20H25N. The Balaban J connectivity index is 1.87. The van der Waals surface area contributed by atoms with Crippen LogP contribution in [0.25, 0.3) is 0 Å². The molecule has 1 fully saturated rings. The Morgan fingerprint density at radius 1 is 1.00 bits per heavy atom. The summed E-state index contributed by atoms with van der Waals surface area (Å²) >= 11 is 0. The second kappa shape index (κ2) is 6.03. The summed E-state index contributed by atoms with van der Waals surface area (Å²) in [6.45, 7) is 7.72. The maximum Gasteiger partial charge on any atom is 0.0359 e. The normalized spacial score (nSPS) is 22.0. The van der Waals surface area contributed by atoms with Crippen molar-refractivity contribution in [2.75, 3.05) is 6.54 Å². The molecule has 21 heavy (non-hydrogen) atoms. The second-order valence-electron chi connectivity index (χ2n) is 6.26. The van der Waals surface area contributed by atoms with Gasteiger partial charge in [-0.15, -0.1) is 0 Å². The van der Waals surface area contributed by atoms with E-state index in [2.05, 4.69) is 74.6 Å². The van der Waals surface area contributed by atoms with Gasteiger partial charge in [0.25, 0.3) is 0 Å². The Labute approximate surface area is 128 Å². The zero-order valence-corrected chi connectivity index (χ0v) is 13.3. The van der Waals surface area contributed by atoms with Gasteiger partial charge in [0.2, 0.25) is 0 Å². The van der Waals surface area contributed by atoms with Gasteiger partial charge >= 0.3 is 0 Å². The van der Waals surface area contributed by atoms with Gasteiger partial charge in [-0.2, -0.15) is 0 Å². The highest BCUT2D eigenvalue weighted by Gasteiger charge is 2.44. The zero-order chi connectivity index (χ0) is 14.8. The van der Waals surface area contributed by atoms with Crippen LogP contribution in [0.4, 0.5) is 0 Å². The van der Waals surface area contributed by atoms with E-state index in [9.17, 15) is 0 Å². The maximum absolute atomic E-state index is 3.74. The maximum atomic E-state index is 3.74. The first-order chi connectivity index (χ1) is 10.2. The van der Waals surface area contributed by atoms with Gasteiger partial charge in [0, 0.05) is 6.04 Å². The Bertz CT molecular complexity index is 582. The van der Waals surface area contributed by atoms with E-state index >= 15 is 0 Å². The monoisotopic (exact) mass is 279 g/mol. The van der Waals surface area contributed by atoms with Gasteiger partial charge in [0.1, 0.15) is 0 Å². The van der Waals surface area contributed by atoms with Crippen molar-refractivity contribution in [3.05, 3.63) is 70.8 Å². The van der Waals surface area contributed by atoms with Crippen molar-refractivity contribution in [3.8, 4) is 0 Å². The summed E-state index contributed by atoms with van der Waals surface area (Å²) in [5.41, 5.74) is 5.85. The van der Waals surface area contributed by atoms with Crippen LogP contribution in [0.1, 0.15) is 47.6 Å². The molecule has 3 atom stereocenters. The van der Waals surface area contributed by atoms with Crippen LogP contribution in [0.3, 0.4) is 0 Å². The smallest absolute Gasteiger partial charge is 0.0359 e. The summed E-state index contributed by atoms with van der Waals surface area (Å²) in [6, 6.07) is 18.1. The van der Waals surface area contributed by atoms with E-state index in [0.717, 1.165) is 12.5 Å². The molecule has 1 aliphatic carbocycles. The molecule has 1 aliphatic rings. The van der Waals surface area contributed by atoms with E-state index < -0.39 is 0 Å². The molecule has 3 rings (SSSR count). The predicted molar refractivity (Wildman–Crippen MR) is 89.6 cm³/mol. The zero-order valence-electron chi connectivity index (χ0n) is 13.3. The van der Waals surface area contributed by atoms with Gasteiger partial charge in [-0.05, 0) is 60.9 Å². The first-order valence-corrected chi connectivity index (χ1v) is 8.06. The fourth-order valence-corrected chi connectivity index (χ4v) is 3.67. The molecule has 0 aliphatic heterocycles. The fraction of sp³-hybridized carbons (Fsp3) is 0.400. The number of hydrogen-bond acceptors (Lipinski definition) is 1. The van der Waals surface area contributed by atoms with Crippen molar-refractivity contribution in [1.82, 2.24) is 5.32 Å². The van der Waals surface area contributed by atoms with Gasteiger partial charge in [-0.3, -0.25) is 0 Å². The third-order valence-corrected chi connectivity index (χ3v) is 4.77. The minimum Gasteiger partial charge on any atom is -0.310 e. The lowest BCUT2D eigenvalue weighted by Crippen LogP contribution is -2.25. The molecule has 0 saturated heterocycles. The van der Waals surface area contributed by atoms with Gasteiger partial charge in [0.05, 0.1) is 0 Å². The highest BCUT2D eigenvalue weighted by molar-refractivity contribution is 5.39. The number of hydrogen-bond donors (Lipinski definition) is 1. The molecule has 0 amide bonds. The Morgan fingerprint density at radius 2 is 1.67 bits per heavy atom. The summed E-state index contributed by atoms with van der Waals surface area (Å²) in [4.78, 5) is 0. The fourth-order valence-electron chi connectivity index (χ4n) is 3.67. The Hall–Kier alpha value is -1.60. The summed E-state index contributed by atoms with van der Waals surface area (Å²) in [7, 11) is 0. The molecule has 1 heteroatoms. The third-order valence-electron chi connectivity index (χ3n) is 4.77. The first-order valence-electron chi connectivity index (χ1n) is 8.06. The van der Waals surface area contributed by atoms with E-state index in [0.29, 0.717) is 12.0 Å². The van der Waals surface area contributed by atoms with E-state index in [1.54, 1.807) is 0 Å². The van der Waals surface area contributed by atoms with Crippen LogP contribution in [0.5, 0.6) is 0 Å². The topological polar surface area (TPSA) is 12.0 Å².